The molecule has 0 radical (unpaired) electrons. The SMILES string of the molecule is O=C(NC(Cc1ccccc1)C(=O)Nc1ccc(OCC(F)(F)F)cc1)c1cccs1. The number of hydrogen-bond acceptors (Lipinski definition) is 4. The first-order valence-corrected chi connectivity index (χ1v) is 10.2. The van der Waals surface area contributed by atoms with Crippen molar-refractivity contribution in [1.82, 2.24) is 5.32 Å². The smallest absolute Gasteiger partial charge is 0.422 e. The van der Waals surface area contributed by atoms with Crippen molar-refractivity contribution in [1.29, 1.82) is 0 Å². The summed E-state index contributed by atoms with van der Waals surface area (Å²) in [6, 6.07) is 17.3. The van der Waals surface area contributed by atoms with Crippen molar-refractivity contribution in [3.05, 3.63) is 82.6 Å². The Morgan fingerprint density at radius 3 is 2.29 bits per heavy atom. The van der Waals surface area contributed by atoms with Crippen LogP contribution in [0.1, 0.15) is 15.2 Å². The highest BCUT2D eigenvalue weighted by Crippen LogP contribution is 2.20. The summed E-state index contributed by atoms with van der Waals surface area (Å²) in [7, 11) is 0. The minimum atomic E-state index is -4.43. The molecule has 0 aliphatic carbocycles. The summed E-state index contributed by atoms with van der Waals surface area (Å²) in [5, 5.41) is 7.20. The Morgan fingerprint density at radius 2 is 1.68 bits per heavy atom. The van der Waals surface area contributed by atoms with Gasteiger partial charge >= 0.3 is 6.18 Å². The van der Waals surface area contributed by atoms with Crippen molar-refractivity contribution in [3.8, 4) is 5.75 Å². The van der Waals surface area contributed by atoms with Gasteiger partial charge in [-0.15, -0.1) is 11.3 Å². The lowest BCUT2D eigenvalue weighted by Gasteiger charge is -2.18. The average Bonchev–Trinajstić information content (AvgIpc) is 3.28. The van der Waals surface area contributed by atoms with E-state index in [2.05, 4.69) is 15.4 Å². The molecule has 0 bridgehead atoms. The Balaban J connectivity index is 1.68. The van der Waals surface area contributed by atoms with Gasteiger partial charge in [0, 0.05) is 12.1 Å². The highest BCUT2D eigenvalue weighted by molar-refractivity contribution is 7.12. The largest absolute Gasteiger partial charge is 0.484 e. The van der Waals surface area contributed by atoms with E-state index in [1.165, 1.54) is 35.6 Å². The van der Waals surface area contributed by atoms with Gasteiger partial charge in [0.25, 0.3) is 5.91 Å². The molecule has 0 saturated heterocycles. The molecular weight excluding hydrogens is 429 g/mol. The van der Waals surface area contributed by atoms with Crippen LogP contribution in [-0.2, 0) is 11.2 Å². The Hall–Kier alpha value is -3.33. The summed E-state index contributed by atoms with van der Waals surface area (Å²) in [5.41, 5.74) is 1.23. The molecule has 3 rings (SSSR count). The number of anilines is 1. The second kappa shape index (κ2) is 10.1. The van der Waals surface area contributed by atoms with Crippen LogP contribution in [0.25, 0.3) is 0 Å². The van der Waals surface area contributed by atoms with E-state index >= 15 is 0 Å². The van der Waals surface area contributed by atoms with Crippen LogP contribution in [0.15, 0.2) is 72.1 Å². The van der Waals surface area contributed by atoms with Crippen molar-refractivity contribution < 1.29 is 27.5 Å². The van der Waals surface area contributed by atoms with Crippen LogP contribution in [0, 0.1) is 0 Å². The molecule has 0 spiro atoms. The fourth-order valence-electron chi connectivity index (χ4n) is 2.73. The van der Waals surface area contributed by atoms with Crippen molar-refractivity contribution in [2.75, 3.05) is 11.9 Å². The topological polar surface area (TPSA) is 67.4 Å². The predicted octanol–water partition coefficient (Wildman–Crippen LogP) is 4.67. The molecule has 1 atom stereocenters. The number of benzene rings is 2. The zero-order valence-corrected chi connectivity index (χ0v) is 17.0. The van der Waals surface area contributed by atoms with Crippen LogP contribution in [0.3, 0.4) is 0 Å². The highest BCUT2D eigenvalue weighted by Gasteiger charge is 2.28. The molecule has 1 unspecified atom stereocenters. The number of carbonyl (C=O) groups excluding carboxylic acids is 2. The molecule has 0 aliphatic rings. The van der Waals surface area contributed by atoms with Crippen molar-refractivity contribution in [2.45, 2.75) is 18.6 Å². The standard InChI is InChI=1S/C22H19F3N2O3S/c23-22(24,25)14-30-17-10-8-16(9-11-17)26-20(28)18(13-15-5-2-1-3-6-15)27-21(29)19-7-4-12-31-19/h1-12,18H,13-14H2,(H,26,28)(H,27,29). The summed E-state index contributed by atoms with van der Waals surface area (Å²) in [6.07, 6.45) is -4.16. The number of ether oxygens (including phenoxy) is 1. The van der Waals surface area contributed by atoms with E-state index in [0.717, 1.165) is 5.56 Å². The van der Waals surface area contributed by atoms with Gasteiger partial charge in [0.1, 0.15) is 11.8 Å². The van der Waals surface area contributed by atoms with Gasteiger partial charge in [0.15, 0.2) is 6.61 Å². The molecule has 0 saturated carbocycles. The first kappa shape index (κ1) is 22.4. The fourth-order valence-corrected chi connectivity index (χ4v) is 3.35. The van der Waals surface area contributed by atoms with E-state index in [-0.39, 0.29) is 18.1 Å². The maximum absolute atomic E-state index is 12.9. The van der Waals surface area contributed by atoms with Gasteiger partial charge in [0.2, 0.25) is 5.91 Å². The number of thiophene rings is 1. The van der Waals surface area contributed by atoms with Crippen LogP contribution in [0.2, 0.25) is 0 Å². The van der Waals surface area contributed by atoms with Gasteiger partial charge in [0.05, 0.1) is 4.88 Å². The van der Waals surface area contributed by atoms with E-state index in [0.29, 0.717) is 10.6 Å². The molecule has 3 aromatic rings. The van der Waals surface area contributed by atoms with Crippen LogP contribution >= 0.6 is 11.3 Å². The molecule has 162 valence electrons. The summed E-state index contributed by atoms with van der Waals surface area (Å²) >= 11 is 1.27. The minimum absolute atomic E-state index is 0.0298. The van der Waals surface area contributed by atoms with Crippen LogP contribution in [0.5, 0.6) is 5.75 Å². The second-order valence-electron chi connectivity index (χ2n) is 6.61. The third-order valence-corrected chi connectivity index (χ3v) is 5.04. The lowest BCUT2D eigenvalue weighted by Crippen LogP contribution is -2.45. The number of rotatable bonds is 8. The van der Waals surface area contributed by atoms with Crippen LogP contribution in [-0.4, -0.2) is 30.6 Å². The number of halogens is 3. The van der Waals surface area contributed by atoms with E-state index in [4.69, 9.17) is 0 Å². The molecule has 0 fully saturated rings. The molecule has 1 aromatic heterocycles. The fraction of sp³-hybridized carbons (Fsp3) is 0.182. The predicted molar refractivity (Wildman–Crippen MR) is 112 cm³/mol. The molecule has 2 amide bonds. The molecule has 1 heterocycles. The monoisotopic (exact) mass is 448 g/mol. The third-order valence-electron chi connectivity index (χ3n) is 4.17. The van der Waals surface area contributed by atoms with E-state index in [1.54, 1.807) is 17.5 Å². The molecular formula is C22H19F3N2O3S. The maximum Gasteiger partial charge on any atom is 0.422 e. The molecule has 0 aliphatic heterocycles. The number of carbonyl (C=O) groups is 2. The Labute approximate surface area is 180 Å². The Morgan fingerprint density at radius 1 is 0.968 bits per heavy atom. The zero-order chi connectivity index (χ0) is 22.3. The number of amides is 2. The Bertz CT molecular complexity index is 991. The first-order chi connectivity index (χ1) is 14.8. The third kappa shape index (κ3) is 7.14. The average molecular weight is 448 g/mol. The minimum Gasteiger partial charge on any atom is -0.484 e. The maximum atomic E-state index is 12.9. The molecule has 2 aromatic carbocycles. The lowest BCUT2D eigenvalue weighted by molar-refractivity contribution is -0.153. The normalized spacial score (nSPS) is 12.1. The summed E-state index contributed by atoms with van der Waals surface area (Å²) in [6.45, 7) is -1.40. The molecule has 5 nitrogen and oxygen atoms in total. The van der Waals surface area contributed by atoms with Crippen molar-refractivity contribution >= 4 is 28.8 Å². The summed E-state index contributed by atoms with van der Waals surface area (Å²) in [4.78, 5) is 25.8. The van der Waals surface area contributed by atoms with Gasteiger partial charge < -0.3 is 15.4 Å². The lowest BCUT2D eigenvalue weighted by atomic mass is 10.0. The highest BCUT2D eigenvalue weighted by atomic mass is 32.1. The number of alkyl halides is 3. The first-order valence-electron chi connectivity index (χ1n) is 9.29. The Kier molecular flexibility index (Phi) is 7.30. The summed E-state index contributed by atoms with van der Waals surface area (Å²) < 4.78 is 41.4. The number of hydrogen-bond donors (Lipinski definition) is 2. The second-order valence-corrected chi connectivity index (χ2v) is 7.56. The van der Waals surface area contributed by atoms with Crippen molar-refractivity contribution in [3.63, 3.8) is 0 Å². The van der Waals surface area contributed by atoms with Crippen LogP contribution in [0.4, 0.5) is 18.9 Å². The van der Waals surface area contributed by atoms with Gasteiger partial charge in [-0.2, -0.15) is 13.2 Å². The molecule has 31 heavy (non-hydrogen) atoms. The van der Waals surface area contributed by atoms with E-state index in [1.807, 2.05) is 30.3 Å². The number of nitrogens with one attached hydrogen (secondary N) is 2. The van der Waals surface area contributed by atoms with E-state index < -0.39 is 24.7 Å². The van der Waals surface area contributed by atoms with Gasteiger partial charge in [-0.3, -0.25) is 9.59 Å². The van der Waals surface area contributed by atoms with E-state index in [9.17, 15) is 22.8 Å². The molecule has 9 heteroatoms. The van der Waals surface area contributed by atoms with Gasteiger partial charge in [-0.1, -0.05) is 36.4 Å². The van der Waals surface area contributed by atoms with Crippen molar-refractivity contribution in [2.24, 2.45) is 0 Å². The zero-order valence-electron chi connectivity index (χ0n) is 16.2. The molecule has 2 N–H and O–H groups in total. The summed E-state index contributed by atoms with van der Waals surface area (Å²) in [5.74, 6) is -0.776. The van der Waals surface area contributed by atoms with Gasteiger partial charge in [-0.25, -0.2) is 0 Å². The quantitative estimate of drug-likeness (QED) is 0.526. The van der Waals surface area contributed by atoms with Gasteiger partial charge in [-0.05, 0) is 41.3 Å². The van der Waals surface area contributed by atoms with Crippen LogP contribution < -0.4 is 15.4 Å².